The number of hydrogen-bond acceptors (Lipinski definition) is 2. The van der Waals surface area contributed by atoms with E-state index in [4.69, 9.17) is 20.7 Å². The van der Waals surface area contributed by atoms with Crippen LogP contribution in [0.3, 0.4) is 0 Å². The number of ether oxygens (including phenoxy) is 2. The monoisotopic (exact) mass is 338 g/mol. The van der Waals surface area contributed by atoms with Crippen LogP contribution in [0.2, 0.25) is 0 Å². The van der Waals surface area contributed by atoms with E-state index in [2.05, 4.69) is 20.8 Å². The minimum atomic E-state index is -0.175. The lowest BCUT2D eigenvalue weighted by Gasteiger charge is -2.41. The second-order valence-electron chi connectivity index (χ2n) is 6.10. The molecule has 0 aliphatic carbocycles. The van der Waals surface area contributed by atoms with Gasteiger partial charge in [-0.25, -0.2) is 0 Å². The van der Waals surface area contributed by atoms with Crippen molar-refractivity contribution in [1.29, 1.82) is 0 Å². The number of halogens is 1. The Hall–Kier alpha value is 0.640. The summed E-state index contributed by atoms with van der Waals surface area (Å²) in [6.07, 6.45) is 11.0. The predicted molar refractivity (Wildman–Crippen MR) is 96.5 cm³/mol. The molecule has 0 heterocycles. The van der Waals surface area contributed by atoms with Gasteiger partial charge in [-0.2, -0.15) is 0 Å². The average molecular weight is 339 g/mol. The Kier molecular flexibility index (Phi) is 13.5. The molecule has 0 radical (unpaired) electrons. The van der Waals surface area contributed by atoms with Gasteiger partial charge in [-0.3, -0.25) is 0 Å². The summed E-state index contributed by atoms with van der Waals surface area (Å²) >= 11 is 6.34. The van der Waals surface area contributed by atoms with Crippen molar-refractivity contribution in [2.45, 2.75) is 97.6 Å². The van der Waals surface area contributed by atoms with Gasteiger partial charge in [-0.05, 0) is 26.2 Å². The molecule has 0 aromatic carbocycles. The fourth-order valence-electron chi connectivity index (χ4n) is 2.89. The third-order valence-electron chi connectivity index (χ3n) is 4.40. The Balaban J connectivity index is 5.11. The van der Waals surface area contributed by atoms with Crippen LogP contribution in [-0.2, 0) is 9.47 Å². The number of methoxy groups -OCH3 is 1. The van der Waals surface area contributed by atoms with Gasteiger partial charge in [0.15, 0.2) is 6.29 Å². The fourth-order valence-corrected chi connectivity index (χ4v) is 4.64. The first kappa shape index (κ1) is 21.6. The lowest BCUT2D eigenvalue weighted by molar-refractivity contribution is -0.153. The van der Waals surface area contributed by atoms with Crippen LogP contribution >= 0.6 is 19.2 Å². The van der Waals surface area contributed by atoms with E-state index in [-0.39, 0.29) is 17.6 Å². The SMILES string of the molecule is CCCCC(CCCC)(CCCC)C(OC(C)OC)PCl. The van der Waals surface area contributed by atoms with Crippen LogP contribution in [0.4, 0.5) is 0 Å². The molecular formula is C17H36ClO2P. The van der Waals surface area contributed by atoms with Gasteiger partial charge in [0.2, 0.25) is 0 Å². The molecule has 0 aliphatic rings. The van der Waals surface area contributed by atoms with Crippen LogP contribution in [0.5, 0.6) is 0 Å². The second kappa shape index (κ2) is 13.1. The molecule has 0 aromatic heterocycles. The predicted octanol–water partition coefficient (Wildman–Crippen LogP) is 6.71. The van der Waals surface area contributed by atoms with Gasteiger partial charge in [0.05, 0.1) is 5.85 Å². The third kappa shape index (κ3) is 8.16. The molecule has 3 unspecified atom stereocenters. The molecule has 4 heteroatoms. The highest BCUT2D eigenvalue weighted by molar-refractivity contribution is 7.68. The molecule has 3 atom stereocenters. The van der Waals surface area contributed by atoms with Crippen LogP contribution in [0.15, 0.2) is 0 Å². The summed E-state index contributed by atoms with van der Waals surface area (Å²) in [5, 5.41) is 0. The van der Waals surface area contributed by atoms with Crippen LogP contribution in [0, 0.1) is 5.41 Å². The first-order valence-corrected chi connectivity index (χ1v) is 10.7. The zero-order valence-electron chi connectivity index (χ0n) is 14.7. The molecule has 0 saturated carbocycles. The average Bonchev–Trinajstić information content (AvgIpc) is 2.52. The van der Waals surface area contributed by atoms with Crippen molar-refractivity contribution in [2.75, 3.05) is 7.11 Å². The zero-order chi connectivity index (χ0) is 16.1. The van der Waals surface area contributed by atoms with Crippen LogP contribution in [0.25, 0.3) is 0 Å². The van der Waals surface area contributed by atoms with E-state index in [0.29, 0.717) is 7.93 Å². The Morgan fingerprint density at radius 2 is 1.38 bits per heavy atom. The lowest BCUT2D eigenvalue weighted by Crippen LogP contribution is -2.36. The highest BCUT2D eigenvalue weighted by atomic mass is 35.7. The van der Waals surface area contributed by atoms with Crippen molar-refractivity contribution in [3.8, 4) is 0 Å². The van der Waals surface area contributed by atoms with Crippen molar-refractivity contribution < 1.29 is 9.47 Å². The molecule has 0 bridgehead atoms. The van der Waals surface area contributed by atoms with Gasteiger partial charge >= 0.3 is 0 Å². The molecule has 0 spiro atoms. The summed E-state index contributed by atoms with van der Waals surface area (Å²) in [5.74, 6) is 0.124. The van der Waals surface area contributed by atoms with E-state index < -0.39 is 0 Å². The topological polar surface area (TPSA) is 18.5 Å². The summed E-state index contributed by atoms with van der Waals surface area (Å²) in [6.45, 7) is 8.76. The van der Waals surface area contributed by atoms with Crippen molar-refractivity contribution in [3.05, 3.63) is 0 Å². The van der Waals surface area contributed by atoms with Crippen molar-refractivity contribution in [3.63, 3.8) is 0 Å². The third-order valence-corrected chi connectivity index (χ3v) is 5.94. The van der Waals surface area contributed by atoms with Gasteiger partial charge < -0.3 is 9.47 Å². The first-order valence-electron chi connectivity index (χ1n) is 8.64. The highest BCUT2D eigenvalue weighted by Crippen LogP contribution is 2.49. The highest BCUT2D eigenvalue weighted by Gasteiger charge is 2.38. The zero-order valence-corrected chi connectivity index (χ0v) is 16.5. The van der Waals surface area contributed by atoms with E-state index >= 15 is 0 Å². The van der Waals surface area contributed by atoms with E-state index in [9.17, 15) is 0 Å². The minimum absolute atomic E-state index is 0.124. The Labute approximate surface area is 139 Å². The standard InChI is InChI=1S/C17H36ClO2P/c1-6-9-12-17(13-10-7-2,14-11-8-3)16(21-18)20-15(4)19-5/h15-16,21H,6-14H2,1-5H3. The summed E-state index contributed by atoms with van der Waals surface area (Å²) in [4.78, 5) is 0. The smallest absolute Gasteiger partial charge is 0.155 e. The molecule has 0 saturated heterocycles. The van der Waals surface area contributed by atoms with Crippen molar-refractivity contribution in [1.82, 2.24) is 0 Å². The molecule has 0 N–H and O–H groups in total. The van der Waals surface area contributed by atoms with E-state index in [1.54, 1.807) is 7.11 Å². The first-order chi connectivity index (χ1) is 10.1. The quantitative estimate of drug-likeness (QED) is 0.259. The largest absolute Gasteiger partial charge is 0.356 e. The Morgan fingerprint density at radius 3 is 1.67 bits per heavy atom. The Bertz CT molecular complexity index is 217. The van der Waals surface area contributed by atoms with Gasteiger partial charge in [-0.1, -0.05) is 70.5 Å². The summed E-state index contributed by atoms with van der Waals surface area (Å²) in [5.41, 5.74) is 0.231. The molecule has 0 amide bonds. The van der Waals surface area contributed by atoms with Crippen LogP contribution in [0.1, 0.15) is 85.5 Å². The number of hydrogen-bond donors (Lipinski definition) is 0. The molecule has 0 fully saturated rings. The second-order valence-corrected chi connectivity index (χ2v) is 7.50. The summed E-state index contributed by atoms with van der Waals surface area (Å²) < 4.78 is 11.5. The maximum Gasteiger partial charge on any atom is 0.155 e. The van der Waals surface area contributed by atoms with Gasteiger partial charge in [0, 0.05) is 20.5 Å². The molecule has 0 aliphatic heterocycles. The normalized spacial score (nSPS) is 15.7. The number of rotatable bonds is 14. The van der Waals surface area contributed by atoms with Gasteiger partial charge in [0.1, 0.15) is 0 Å². The van der Waals surface area contributed by atoms with E-state index in [0.717, 1.165) is 0 Å². The lowest BCUT2D eigenvalue weighted by atomic mass is 9.74. The van der Waals surface area contributed by atoms with Crippen LogP contribution < -0.4 is 0 Å². The maximum atomic E-state index is 6.34. The summed E-state index contributed by atoms with van der Waals surface area (Å²) in [7, 11) is 2.00. The van der Waals surface area contributed by atoms with Gasteiger partial charge in [0.25, 0.3) is 0 Å². The molecule has 0 aromatic rings. The maximum absolute atomic E-state index is 6.34. The molecular weight excluding hydrogens is 303 g/mol. The molecule has 21 heavy (non-hydrogen) atoms. The van der Waals surface area contributed by atoms with Gasteiger partial charge in [-0.15, -0.1) is 0 Å². The van der Waals surface area contributed by atoms with Crippen molar-refractivity contribution in [2.24, 2.45) is 5.41 Å². The summed E-state index contributed by atoms with van der Waals surface area (Å²) in [6, 6.07) is 0. The molecule has 0 rings (SSSR count). The Morgan fingerprint density at radius 1 is 0.952 bits per heavy atom. The molecule has 128 valence electrons. The van der Waals surface area contributed by atoms with Crippen LogP contribution in [-0.4, -0.2) is 19.2 Å². The van der Waals surface area contributed by atoms with E-state index in [1.165, 1.54) is 57.8 Å². The fraction of sp³-hybridized carbons (Fsp3) is 1.00. The van der Waals surface area contributed by atoms with E-state index in [1.807, 2.05) is 6.92 Å². The minimum Gasteiger partial charge on any atom is -0.356 e. The number of unbranched alkanes of at least 4 members (excludes halogenated alkanes) is 3. The molecule has 2 nitrogen and oxygen atoms in total. The van der Waals surface area contributed by atoms with Crippen molar-refractivity contribution >= 4 is 19.2 Å².